The maximum absolute atomic E-state index is 11.0. The average molecular weight is 397 g/mol. The van der Waals surface area contributed by atoms with Gasteiger partial charge in [-0.05, 0) is 43.0 Å². The second-order valence-corrected chi connectivity index (χ2v) is 7.54. The predicted molar refractivity (Wildman–Crippen MR) is 111 cm³/mol. The van der Waals surface area contributed by atoms with E-state index in [4.69, 9.17) is 9.47 Å². The molecule has 8 heteroatoms. The molecule has 2 aliphatic rings. The van der Waals surface area contributed by atoms with Crippen LogP contribution in [-0.4, -0.2) is 54.8 Å². The lowest BCUT2D eigenvalue weighted by atomic mass is 9.81. The summed E-state index contributed by atoms with van der Waals surface area (Å²) in [6, 6.07) is 10.3. The van der Waals surface area contributed by atoms with E-state index >= 15 is 0 Å². The molecule has 1 aliphatic carbocycles. The minimum absolute atomic E-state index is 0.0267. The molecule has 4 rings (SSSR count). The number of carbonyl (C=O) groups excluding carboxylic acids is 1. The molecule has 0 bridgehead atoms. The Morgan fingerprint density at radius 2 is 1.97 bits per heavy atom. The number of benzene rings is 1. The fraction of sp³-hybridized carbons (Fsp3) is 0.476. The van der Waals surface area contributed by atoms with Gasteiger partial charge in [-0.3, -0.25) is 4.79 Å². The molecule has 1 saturated heterocycles. The molecule has 0 spiro atoms. The Hall–Kier alpha value is -2.87. The van der Waals surface area contributed by atoms with E-state index in [-0.39, 0.29) is 11.9 Å². The summed E-state index contributed by atoms with van der Waals surface area (Å²) in [6.07, 6.45) is 3.59. The fourth-order valence-electron chi connectivity index (χ4n) is 3.67. The quantitative estimate of drug-likeness (QED) is 0.741. The summed E-state index contributed by atoms with van der Waals surface area (Å²) < 4.78 is 11.2. The third-order valence-corrected chi connectivity index (χ3v) is 5.24. The first-order chi connectivity index (χ1) is 14.2. The van der Waals surface area contributed by atoms with Crippen LogP contribution in [0.4, 0.5) is 17.3 Å². The molecule has 2 fully saturated rings. The normalized spacial score (nSPS) is 21.2. The molecule has 1 aromatic carbocycles. The zero-order valence-electron chi connectivity index (χ0n) is 16.6. The monoisotopic (exact) mass is 397 g/mol. The van der Waals surface area contributed by atoms with E-state index in [0.29, 0.717) is 24.4 Å². The van der Waals surface area contributed by atoms with Crippen molar-refractivity contribution >= 4 is 23.2 Å². The number of morpholine rings is 1. The van der Waals surface area contributed by atoms with Gasteiger partial charge in [-0.15, -0.1) is 0 Å². The highest BCUT2D eigenvalue weighted by atomic mass is 16.5. The Kier molecular flexibility index (Phi) is 6.09. The third-order valence-electron chi connectivity index (χ3n) is 5.24. The van der Waals surface area contributed by atoms with Crippen molar-refractivity contribution in [2.45, 2.75) is 25.8 Å². The number of ether oxygens (including phenoxy) is 2. The van der Waals surface area contributed by atoms with Gasteiger partial charge in [0.1, 0.15) is 0 Å². The zero-order valence-corrected chi connectivity index (χ0v) is 16.6. The molecular weight excluding hydrogens is 370 g/mol. The number of nitrogens with zero attached hydrogens (tertiary/aromatic N) is 3. The average Bonchev–Trinajstić information content (AvgIpc) is 2.71. The lowest BCUT2D eigenvalue weighted by molar-refractivity contribution is -0.120. The van der Waals surface area contributed by atoms with Crippen LogP contribution in [0.5, 0.6) is 5.88 Å². The molecule has 2 aromatic rings. The molecule has 0 atom stereocenters. The molecule has 2 N–H and O–H groups in total. The smallest absolute Gasteiger partial charge is 0.230 e. The van der Waals surface area contributed by atoms with Crippen LogP contribution in [0.2, 0.25) is 0 Å². The Morgan fingerprint density at radius 3 is 2.69 bits per heavy atom. The first-order valence-electron chi connectivity index (χ1n) is 10.1. The second-order valence-electron chi connectivity index (χ2n) is 7.54. The Balaban J connectivity index is 1.27. The number of amides is 1. The highest BCUT2D eigenvalue weighted by Gasteiger charge is 2.30. The molecule has 1 saturated carbocycles. The van der Waals surface area contributed by atoms with Crippen LogP contribution >= 0.6 is 0 Å². The summed E-state index contributed by atoms with van der Waals surface area (Å²) in [5, 5.41) is 6.16. The molecule has 154 valence electrons. The highest BCUT2D eigenvalue weighted by Crippen LogP contribution is 2.28. The Labute approximate surface area is 170 Å². The summed E-state index contributed by atoms with van der Waals surface area (Å²) in [6.45, 7) is 5.53. The van der Waals surface area contributed by atoms with Gasteiger partial charge in [0.2, 0.25) is 17.7 Å². The van der Waals surface area contributed by atoms with Crippen molar-refractivity contribution in [2.24, 2.45) is 5.92 Å². The van der Waals surface area contributed by atoms with Gasteiger partial charge >= 0.3 is 0 Å². The minimum atomic E-state index is 0.0267. The molecule has 0 unspecified atom stereocenters. The van der Waals surface area contributed by atoms with E-state index in [9.17, 15) is 4.79 Å². The topological polar surface area (TPSA) is 88.6 Å². The van der Waals surface area contributed by atoms with Gasteiger partial charge in [0.05, 0.1) is 19.8 Å². The number of rotatable bonds is 7. The number of hydrogen-bond acceptors (Lipinski definition) is 7. The van der Waals surface area contributed by atoms with Gasteiger partial charge < -0.3 is 25.0 Å². The molecule has 0 radical (unpaired) electrons. The molecule has 1 amide bonds. The second kappa shape index (κ2) is 9.09. The van der Waals surface area contributed by atoms with Crippen LogP contribution < -0.4 is 20.3 Å². The van der Waals surface area contributed by atoms with Gasteiger partial charge in [-0.1, -0.05) is 0 Å². The van der Waals surface area contributed by atoms with E-state index in [1.807, 2.05) is 12.1 Å². The summed E-state index contributed by atoms with van der Waals surface area (Å²) in [5.41, 5.74) is 2.12. The third kappa shape index (κ3) is 5.35. The van der Waals surface area contributed by atoms with E-state index in [2.05, 4.69) is 37.6 Å². The predicted octanol–water partition coefficient (Wildman–Crippen LogP) is 2.35. The molecular formula is C21H27N5O3. The van der Waals surface area contributed by atoms with Gasteiger partial charge in [0.15, 0.2) is 0 Å². The minimum Gasteiger partial charge on any atom is -0.477 e. The van der Waals surface area contributed by atoms with Gasteiger partial charge in [-0.25, -0.2) is 4.98 Å². The number of hydrogen-bond donors (Lipinski definition) is 2. The summed E-state index contributed by atoms with van der Waals surface area (Å²) in [7, 11) is 0. The van der Waals surface area contributed by atoms with Gasteiger partial charge in [0.25, 0.3) is 0 Å². The Morgan fingerprint density at radius 1 is 1.21 bits per heavy atom. The highest BCUT2D eigenvalue weighted by molar-refractivity contribution is 5.73. The first kappa shape index (κ1) is 19.4. The largest absolute Gasteiger partial charge is 0.477 e. The van der Waals surface area contributed by atoms with Crippen molar-refractivity contribution in [3.8, 4) is 5.88 Å². The molecule has 8 nitrogen and oxygen atoms in total. The maximum atomic E-state index is 11.0. The summed E-state index contributed by atoms with van der Waals surface area (Å²) in [5.74, 6) is 1.53. The number of anilines is 3. The number of aromatic nitrogens is 2. The van der Waals surface area contributed by atoms with Crippen LogP contribution in [0.15, 0.2) is 36.5 Å². The van der Waals surface area contributed by atoms with Crippen LogP contribution in [0.25, 0.3) is 0 Å². The van der Waals surface area contributed by atoms with Crippen LogP contribution in [0, 0.1) is 5.92 Å². The van der Waals surface area contributed by atoms with Crippen LogP contribution in [0.3, 0.4) is 0 Å². The fourth-order valence-corrected chi connectivity index (χ4v) is 3.67. The molecule has 1 aliphatic heterocycles. The van der Waals surface area contributed by atoms with Gasteiger partial charge in [0, 0.05) is 49.7 Å². The van der Waals surface area contributed by atoms with E-state index in [1.165, 1.54) is 5.69 Å². The summed E-state index contributed by atoms with van der Waals surface area (Å²) in [4.78, 5) is 22.1. The molecule has 29 heavy (non-hydrogen) atoms. The number of nitrogens with one attached hydrogen (secondary N) is 2. The van der Waals surface area contributed by atoms with Crippen molar-refractivity contribution in [2.75, 3.05) is 43.1 Å². The SMILES string of the molecule is CC(=O)N[C@H]1C[C@H](COc2ccnc(Nc3ccc(N4CCOCC4)cc3)n2)C1. The summed E-state index contributed by atoms with van der Waals surface area (Å²) >= 11 is 0. The standard InChI is InChI=1S/C21H27N5O3/c1-15(27)23-18-12-16(13-18)14-29-20-6-7-22-21(25-20)24-17-2-4-19(5-3-17)26-8-10-28-11-9-26/h2-7,16,18H,8-14H2,1H3,(H,23,27)(H,22,24,25)/t16-,18-. The lowest BCUT2D eigenvalue weighted by Crippen LogP contribution is -2.45. The zero-order chi connectivity index (χ0) is 20.1. The van der Waals surface area contributed by atoms with E-state index in [1.54, 1.807) is 19.2 Å². The van der Waals surface area contributed by atoms with Gasteiger partial charge in [-0.2, -0.15) is 4.98 Å². The maximum Gasteiger partial charge on any atom is 0.230 e. The lowest BCUT2D eigenvalue weighted by Gasteiger charge is -2.35. The molecule has 1 aromatic heterocycles. The van der Waals surface area contributed by atoms with Crippen molar-refractivity contribution < 1.29 is 14.3 Å². The van der Waals surface area contributed by atoms with Crippen LogP contribution in [0.1, 0.15) is 19.8 Å². The Bertz CT molecular complexity index is 817. The number of carbonyl (C=O) groups is 1. The van der Waals surface area contributed by atoms with E-state index in [0.717, 1.165) is 44.8 Å². The van der Waals surface area contributed by atoms with Crippen molar-refractivity contribution in [1.82, 2.24) is 15.3 Å². The first-order valence-corrected chi connectivity index (χ1v) is 10.1. The van der Waals surface area contributed by atoms with Crippen molar-refractivity contribution in [3.05, 3.63) is 36.5 Å². The molecule has 2 heterocycles. The van der Waals surface area contributed by atoms with Crippen LogP contribution in [-0.2, 0) is 9.53 Å². The van der Waals surface area contributed by atoms with Crippen molar-refractivity contribution in [1.29, 1.82) is 0 Å². The van der Waals surface area contributed by atoms with E-state index < -0.39 is 0 Å². The van der Waals surface area contributed by atoms with Crippen molar-refractivity contribution in [3.63, 3.8) is 0 Å².